The lowest BCUT2D eigenvalue weighted by Crippen LogP contribution is -2.47. The van der Waals surface area contributed by atoms with E-state index in [9.17, 15) is 0 Å². The third-order valence-corrected chi connectivity index (χ3v) is 1.87. The van der Waals surface area contributed by atoms with Crippen molar-refractivity contribution in [1.29, 1.82) is 0 Å². The lowest BCUT2D eigenvalue weighted by molar-refractivity contribution is 0.0760. The molecule has 4 nitrogen and oxygen atoms in total. The van der Waals surface area contributed by atoms with Gasteiger partial charge in [0.25, 0.3) is 0 Å². The number of hydrogen-bond donors (Lipinski definition) is 2. The van der Waals surface area contributed by atoms with Gasteiger partial charge in [0.2, 0.25) is 0 Å². The first-order valence-corrected chi connectivity index (χ1v) is 4.44. The van der Waals surface area contributed by atoms with Crippen LogP contribution in [0.4, 0.5) is 0 Å². The molecule has 0 aromatic carbocycles. The first-order valence-electron chi connectivity index (χ1n) is 4.44. The molecule has 0 bridgehead atoms. The van der Waals surface area contributed by atoms with Crippen LogP contribution in [-0.4, -0.2) is 52.6 Å². The summed E-state index contributed by atoms with van der Waals surface area (Å²) in [7, 11) is 1.71. The van der Waals surface area contributed by atoms with Crippen LogP contribution < -0.4 is 10.6 Å². The summed E-state index contributed by atoms with van der Waals surface area (Å²) in [6.07, 6.45) is 0. The van der Waals surface area contributed by atoms with Crippen LogP contribution in [0.2, 0.25) is 0 Å². The van der Waals surface area contributed by atoms with Crippen LogP contribution in [0.1, 0.15) is 0 Å². The predicted octanol–water partition coefficient (Wildman–Crippen LogP) is -0.789. The van der Waals surface area contributed by atoms with Crippen LogP contribution in [0.25, 0.3) is 0 Å². The SMILES string of the molecule is COCCNC[C@@H]1COCCN1. The fourth-order valence-electron chi connectivity index (χ4n) is 1.20. The van der Waals surface area contributed by atoms with E-state index >= 15 is 0 Å². The van der Waals surface area contributed by atoms with E-state index in [1.54, 1.807) is 7.11 Å². The van der Waals surface area contributed by atoms with Gasteiger partial charge in [-0.25, -0.2) is 0 Å². The van der Waals surface area contributed by atoms with Crippen molar-refractivity contribution in [3.8, 4) is 0 Å². The molecular weight excluding hydrogens is 156 g/mol. The van der Waals surface area contributed by atoms with E-state index in [4.69, 9.17) is 9.47 Å². The van der Waals surface area contributed by atoms with E-state index in [-0.39, 0.29) is 0 Å². The molecule has 1 atom stereocenters. The van der Waals surface area contributed by atoms with E-state index < -0.39 is 0 Å². The molecule has 72 valence electrons. The summed E-state index contributed by atoms with van der Waals surface area (Å²) < 4.78 is 10.2. The van der Waals surface area contributed by atoms with Crippen molar-refractivity contribution in [2.24, 2.45) is 0 Å². The molecule has 4 heteroatoms. The van der Waals surface area contributed by atoms with Gasteiger partial charge in [-0.3, -0.25) is 0 Å². The van der Waals surface area contributed by atoms with Gasteiger partial charge < -0.3 is 20.1 Å². The van der Waals surface area contributed by atoms with Crippen LogP contribution in [0, 0.1) is 0 Å². The molecule has 1 heterocycles. The van der Waals surface area contributed by atoms with Crippen LogP contribution in [0.15, 0.2) is 0 Å². The monoisotopic (exact) mass is 174 g/mol. The highest BCUT2D eigenvalue weighted by Crippen LogP contribution is 1.90. The van der Waals surface area contributed by atoms with E-state index in [1.807, 2.05) is 0 Å². The maximum Gasteiger partial charge on any atom is 0.0632 e. The average Bonchev–Trinajstić information content (AvgIpc) is 2.14. The Morgan fingerprint density at radius 2 is 2.58 bits per heavy atom. The normalized spacial score (nSPS) is 24.2. The van der Waals surface area contributed by atoms with Crippen molar-refractivity contribution in [1.82, 2.24) is 10.6 Å². The Hall–Kier alpha value is -0.160. The van der Waals surface area contributed by atoms with Gasteiger partial charge in [-0.05, 0) is 0 Å². The quantitative estimate of drug-likeness (QED) is 0.536. The third kappa shape index (κ3) is 4.01. The second-order valence-corrected chi connectivity index (χ2v) is 2.92. The van der Waals surface area contributed by atoms with E-state index in [2.05, 4.69) is 10.6 Å². The molecule has 0 saturated carbocycles. The van der Waals surface area contributed by atoms with Crippen molar-refractivity contribution in [3.63, 3.8) is 0 Å². The van der Waals surface area contributed by atoms with Crippen LogP contribution >= 0.6 is 0 Å². The molecule has 0 aromatic heterocycles. The zero-order valence-electron chi connectivity index (χ0n) is 7.64. The molecule has 0 unspecified atom stereocenters. The van der Waals surface area contributed by atoms with Crippen LogP contribution in [0.3, 0.4) is 0 Å². The standard InChI is InChI=1S/C8H18N2O2/c1-11-4-2-9-6-8-7-12-5-3-10-8/h8-10H,2-7H2,1H3/t8-/m1/s1. The molecule has 0 aliphatic carbocycles. The Bertz CT molecular complexity index is 105. The lowest BCUT2D eigenvalue weighted by Gasteiger charge is -2.23. The highest BCUT2D eigenvalue weighted by Gasteiger charge is 2.11. The molecular formula is C8H18N2O2. The van der Waals surface area contributed by atoms with Gasteiger partial charge in [0.1, 0.15) is 0 Å². The van der Waals surface area contributed by atoms with Gasteiger partial charge in [0.15, 0.2) is 0 Å². The number of hydrogen-bond acceptors (Lipinski definition) is 4. The molecule has 0 amide bonds. The molecule has 0 aromatic rings. The third-order valence-electron chi connectivity index (χ3n) is 1.87. The Kier molecular flexibility index (Phi) is 5.27. The highest BCUT2D eigenvalue weighted by molar-refractivity contribution is 4.71. The van der Waals surface area contributed by atoms with Crippen LogP contribution in [-0.2, 0) is 9.47 Å². The van der Waals surface area contributed by atoms with Crippen molar-refractivity contribution in [2.75, 3.05) is 46.6 Å². The Labute approximate surface area is 73.6 Å². The average molecular weight is 174 g/mol. The second kappa shape index (κ2) is 6.37. The van der Waals surface area contributed by atoms with E-state index in [0.717, 1.165) is 39.5 Å². The van der Waals surface area contributed by atoms with E-state index in [0.29, 0.717) is 6.04 Å². The maximum absolute atomic E-state index is 5.31. The van der Waals surface area contributed by atoms with Crippen LogP contribution in [0.5, 0.6) is 0 Å². The van der Waals surface area contributed by atoms with Gasteiger partial charge in [-0.15, -0.1) is 0 Å². The minimum Gasteiger partial charge on any atom is -0.383 e. The number of morpholine rings is 1. The first-order chi connectivity index (χ1) is 5.93. The molecule has 2 N–H and O–H groups in total. The molecule has 1 aliphatic heterocycles. The summed E-state index contributed by atoms with van der Waals surface area (Å²) in [5.74, 6) is 0. The number of ether oxygens (including phenoxy) is 2. The zero-order chi connectivity index (χ0) is 8.65. The van der Waals surface area contributed by atoms with Gasteiger partial charge in [-0.1, -0.05) is 0 Å². The smallest absolute Gasteiger partial charge is 0.0632 e. The fourth-order valence-corrected chi connectivity index (χ4v) is 1.20. The Morgan fingerprint density at radius 1 is 1.67 bits per heavy atom. The number of rotatable bonds is 5. The fraction of sp³-hybridized carbons (Fsp3) is 1.00. The summed E-state index contributed by atoms with van der Waals surface area (Å²) in [6, 6.07) is 0.468. The maximum atomic E-state index is 5.31. The Morgan fingerprint density at radius 3 is 3.25 bits per heavy atom. The van der Waals surface area contributed by atoms with Crippen molar-refractivity contribution < 1.29 is 9.47 Å². The van der Waals surface area contributed by atoms with Gasteiger partial charge in [0.05, 0.1) is 19.8 Å². The minimum atomic E-state index is 0.468. The highest BCUT2D eigenvalue weighted by atomic mass is 16.5. The zero-order valence-corrected chi connectivity index (χ0v) is 7.64. The predicted molar refractivity (Wildman–Crippen MR) is 47.4 cm³/mol. The molecule has 1 aliphatic rings. The summed E-state index contributed by atoms with van der Waals surface area (Å²) in [5, 5.41) is 6.66. The second-order valence-electron chi connectivity index (χ2n) is 2.92. The topological polar surface area (TPSA) is 42.5 Å². The molecule has 0 spiro atoms. The molecule has 1 rings (SSSR count). The summed E-state index contributed by atoms with van der Waals surface area (Å²) in [6.45, 7) is 5.27. The largest absolute Gasteiger partial charge is 0.383 e. The number of nitrogens with one attached hydrogen (secondary N) is 2. The lowest BCUT2D eigenvalue weighted by atomic mass is 10.3. The summed E-state index contributed by atoms with van der Waals surface area (Å²) in [4.78, 5) is 0. The Balaban J connectivity index is 1.91. The molecule has 0 radical (unpaired) electrons. The molecule has 1 fully saturated rings. The van der Waals surface area contributed by atoms with E-state index in [1.165, 1.54) is 0 Å². The molecule has 12 heavy (non-hydrogen) atoms. The first kappa shape index (κ1) is 9.92. The van der Waals surface area contributed by atoms with Gasteiger partial charge in [-0.2, -0.15) is 0 Å². The van der Waals surface area contributed by atoms with Crippen molar-refractivity contribution >= 4 is 0 Å². The number of methoxy groups -OCH3 is 1. The summed E-state index contributed by atoms with van der Waals surface area (Å²) >= 11 is 0. The molecule has 1 saturated heterocycles. The van der Waals surface area contributed by atoms with Gasteiger partial charge >= 0.3 is 0 Å². The van der Waals surface area contributed by atoms with Crippen molar-refractivity contribution in [2.45, 2.75) is 6.04 Å². The minimum absolute atomic E-state index is 0.468. The summed E-state index contributed by atoms with van der Waals surface area (Å²) in [5.41, 5.74) is 0. The van der Waals surface area contributed by atoms with Crippen molar-refractivity contribution in [3.05, 3.63) is 0 Å². The van der Waals surface area contributed by atoms with Gasteiger partial charge in [0, 0.05) is 32.8 Å².